The van der Waals surface area contributed by atoms with Crippen LogP contribution >= 0.6 is 0 Å². The van der Waals surface area contributed by atoms with Crippen LogP contribution in [0.5, 0.6) is 0 Å². The molecule has 32 heavy (non-hydrogen) atoms. The van der Waals surface area contributed by atoms with Crippen molar-refractivity contribution in [3.8, 4) is 33.9 Å². The zero-order valence-corrected chi connectivity index (χ0v) is 17.0. The average Bonchev–Trinajstić information content (AvgIpc) is 3.43. The third-order valence-electron chi connectivity index (χ3n) is 5.54. The second kappa shape index (κ2) is 7.05. The van der Waals surface area contributed by atoms with Gasteiger partial charge < -0.3 is 4.98 Å². The molecule has 0 aliphatic heterocycles. The number of halogens is 1. The number of aromatic amines is 2. The first-order chi connectivity index (χ1) is 15.7. The molecule has 2 N–H and O–H groups in total. The molecule has 0 atom stereocenters. The Kier molecular flexibility index (Phi) is 4.04. The second-order valence-corrected chi connectivity index (χ2v) is 7.52. The predicted octanol–water partition coefficient (Wildman–Crippen LogP) is 5.07. The molecule has 6 rings (SSSR count). The molecule has 0 saturated carbocycles. The van der Waals surface area contributed by atoms with Crippen molar-refractivity contribution in [2.75, 3.05) is 0 Å². The van der Waals surface area contributed by atoms with Gasteiger partial charge in [-0.3, -0.25) is 20.1 Å². The van der Waals surface area contributed by atoms with Crippen LogP contribution in [-0.2, 0) is 0 Å². The van der Waals surface area contributed by atoms with Crippen LogP contribution in [0.3, 0.4) is 0 Å². The fourth-order valence-electron chi connectivity index (χ4n) is 3.93. The molecule has 1 aromatic carbocycles. The molecule has 0 aliphatic carbocycles. The topological polar surface area (TPSA) is 96.0 Å². The number of imidazole rings is 1. The maximum Gasteiger partial charge on any atom is 0.159 e. The van der Waals surface area contributed by atoms with E-state index < -0.39 is 0 Å². The Balaban J connectivity index is 1.55. The largest absolute Gasteiger partial charge is 0.336 e. The monoisotopic (exact) mass is 421 g/mol. The third-order valence-corrected chi connectivity index (χ3v) is 5.54. The summed E-state index contributed by atoms with van der Waals surface area (Å²) < 4.78 is 14.9. The lowest BCUT2D eigenvalue weighted by molar-refractivity contribution is 0.632. The molecule has 6 aromatic rings. The van der Waals surface area contributed by atoms with E-state index in [-0.39, 0.29) is 5.82 Å². The van der Waals surface area contributed by atoms with Crippen LogP contribution in [0.15, 0.2) is 67.4 Å². The quantitative estimate of drug-likeness (QED) is 0.416. The average molecular weight is 421 g/mol. The minimum Gasteiger partial charge on any atom is -0.336 e. The highest BCUT2D eigenvalue weighted by Gasteiger charge is 2.18. The van der Waals surface area contributed by atoms with Crippen molar-refractivity contribution in [3.63, 3.8) is 0 Å². The number of nitrogens with one attached hydrogen (secondary N) is 2. The molecule has 5 aromatic heterocycles. The summed E-state index contributed by atoms with van der Waals surface area (Å²) in [5.74, 6) is 0.237. The number of hydrogen-bond acceptors (Lipinski definition) is 5. The Bertz CT molecular complexity index is 1600. The molecule has 154 valence electrons. The summed E-state index contributed by atoms with van der Waals surface area (Å²) in [4.78, 5) is 21.0. The zero-order chi connectivity index (χ0) is 21.7. The third kappa shape index (κ3) is 2.84. The Morgan fingerprint density at radius 3 is 2.62 bits per heavy atom. The number of rotatable bonds is 3. The fraction of sp³-hybridized carbons (Fsp3) is 0.0417. The van der Waals surface area contributed by atoms with E-state index >= 15 is 0 Å². The molecule has 0 aliphatic rings. The number of aromatic nitrogens is 7. The molecular formula is C24H16FN7. The lowest BCUT2D eigenvalue weighted by Gasteiger charge is -2.07. The molecule has 8 heteroatoms. The Labute approximate surface area is 181 Å². The van der Waals surface area contributed by atoms with Crippen molar-refractivity contribution < 1.29 is 4.39 Å². The van der Waals surface area contributed by atoms with E-state index in [4.69, 9.17) is 4.98 Å². The molecule has 0 saturated heterocycles. The maximum absolute atomic E-state index is 14.9. The van der Waals surface area contributed by atoms with Crippen LogP contribution in [0, 0.1) is 12.7 Å². The van der Waals surface area contributed by atoms with Gasteiger partial charge in [0.2, 0.25) is 0 Å². The predicted molar refractivity (Wildman–Crippen MR) is 120 cm³/mol. The summed E-state index contributed by atoms with van der Waals surface area (Å²) in [6, 6.07) is 10.8. The molecular weight excluding hydrogens is 405 g/mol. The summed E-state index contributed by atoms with van der Waals surface area (Å²) in [7, 11) is 0. The summed E-state index contributed by atoms with van der Waals surface area (Å²) in [6.07, 6.45) is 8.57. The highest BCUT2D eigenvalue weighted by molar-refractivity contribution is 5.97. The van der Waals surface area contributed by atoms with Crippen molar-refractivity contribution in [2.24, 2.45) is 0 Å². The van der Waals surface area contributed by atoms with E-state index in [1.807, 2.05) is 31.2 Å². The fourth-order valence-corrected chi connectivity index (χ4v) is 3.93. The van der Waals surface area contributed by atoms with E-state index in [9.17, 15) is 4.39 Å². The van der Waals surface area contributed by atoms with Crippen LogP contribution < -0.4 is 0 Å². The first kappa shape index (κ1) is 18.3. The lowest BCUT2D eigenvalue weighted by atomic mass is 10.0. The molecule has 0 radical (unpaired) electrons. The minimum atomic E-state index is -0.337. The van der Waals surface area contributed by atoms with Gasteiger partial charge in [-0.05, 0) is 42.8 Å². The Morgan fingerprint density at radius 1 is 0.875 bits per heavy atom. The van der Waals surface area contributed by atoms with E-state index in [1.54, 1.807) is 37.1 Å². The van der Waals surface area contributed by atoms with E-state index in [1.165, 1.54) is 6.07 Å². The summed E-state index contributed by atoms with van der Waals surface area (Å²) in [5.41, 5.74) is 6.51. The number of fused-ring (bicyclic) bond motifs is 2. The standard InChI is InChI=1S/C24H16FN7/c1-13-4-7-27-12-17(13)15-9-16-20(10-18(15)25)31-32-22(16)24-29-19-5-8-28-21(23(19)30-24)14-3-2-6-26-11-14/h2-12H,1H3,(H,29,30)(H,31,32). The second-order valence-electron chi connectivity index (χ2n) is 7.52. The minimum absolute atomic E-state index is 0.337. The van der Waals surface area contributed by atoms with Gasteiger partial charge >= 0.3 is 0 Å². The maximum atomic E-state index is 14.9. The number of benzene rings is 1. The van der Waals surface area contributed by atoms with Crippen LogP contribution in [0.4, 0.5) is 4.39 Å². The molecule has 0 amide bonds. The summed E-state index contributed by atoms with van der Waals surface area (Å²) >= 11 is 0. The Morgan fingerprint density at radius 2 is 1.78 bits per heavy atom. The van der Waals surface area contributed by atoms with Gasteiger partial charge in [0.25, 0.3) is 0 Å². The van der Waals surface area contributed by atoms with Gasteiger partial charge in [-0.2, -0.15) is 5.10 Å². The SMILES string of the molecule is Cc1ccncc1-c1cc2c(-c3nc4c(-c5cccnc5)nccc4[nH]3)n[nH]c2cc1F. The first-order valence-corrected chi connectivity index (χ1v) is 10.0. The lowest BCUT2D eigenvalue weighted by Crippen LogP contribution is -1.90. The van der Waals surface area contributed by atoms with Crippen molar-refractivity contribution >= 4 is 21.9 Å². The van der Waals surface area contributed by atoms with Crippen LogP contribution in [0.25, 0.3) is 55.8 Å². The Hall–Kier alpha value is -4.46. The molecule has 0 bridgehead atoms. The van der Waals surface area contributed by atoms with Gasteiger partial charge in [-0.25, -0.2) is 9.37 Å². The van der Waals surface area contributed by atoms with Gasteiger partial charge in [0, 0.05) is 59.1 Å². The van der Waals surface area contributed by atoms with Gasteiger partial charge in [-0.1, -0.05) is 0 Å². The van der Waals surface area contributed by atoms with Crippen molar-refractivity contribution in [2.45, 2.75) is 6.92 Å². The van der Waals surface area contributed by atoms with Gasteiger partial charge in [0.1, 0.15) is 17.0 Å². The van der Waals surface area contributed by atoms with Crippen LogP contribution in [0.2, 0.25) is 0 Å². The smallest absolute Gasteiger partial charge is 0.159 e. The molecule has 0 fully saturated rings. The van der Waals surface area contributed by atoms with Crippen molar-refractivity contribution in [1.29, 1.82) is 0 Å². The van der Waals surface area contributed by atoms with Crippen LogP contribution in [-0.4, -0.2) is 35.1 Å². The number of aryl methyl sites for hydroxylation is 1. The number of pyridine rings is 3. The molecule has 0 spiro atoms. The molecule has 5 heterocycles. The van der Waals surface area contributed by atoms with E-state index in [2.05, 4.69) is 30.1 Å². The van der Waals surface area contributed by atoms with E-state index in [0.29, 0.717) is 22.6 Å². The van der Waals surface area contributed by atoms with Crippen molar-refractivity contribution in [1.82, 2.24) is 35.1 Å². The highest BCUT2D eigenvalue weighted by atomic mass is 19.1. The zero-order valence-electron chi connectivity index (χ0n) is 17.0. The number of H-pyrrole nitrogens is 2. The van der Waals surface area contributed by atoms with Crippen LogP contribution in [0.1, 0.15) is 5.56 Å². The highest BCUT2D eigenvalue weighted by Crippen LogP contribution is 2.34. The van der Waals surface area contributed by atoms with Crippen molar-refractivity contribution in [3.05, 3.63) is 78.8 Å². The van der Waals surface area contributed by atoms with Gasteiger partial charge in [0.05, 0.1) is 16.7 Å². The number of nitrogens with zero attached hydrogens (tertiary/aromatic N) is 5. The number of hydrogen-bond donors (Lipinski definition) is 2. The molecule has 0 unspecified atom stereocenters. The first-order valence-electron chi connectivity index (χ1n) is 10.0. The van der Waals surface area contributed by atoms with E-state index in [0.717, 1.165) is 38.8 Å². The summed E-state index contributed by atoms with van der Waals surface area (Å²) in [5, 5.41) is 8.11. The van der Waals surface area contributed by atoms with Gasteiger partial charge in [0.15, 0.2) is 5.82 Å². The normalized spacial score (nSPS) is 11.4. The molecule has 7 nitrogen and oxygen atoms in total. The summed E-state index contributed by atoms with van der Waals surface area (Å²) in [6.45, 7) is 1.93. The van der Waals surface area contributed by atoms with Gasteiger partial charge in [-0.15, -0.1) is 0 Å².